The van der Waals surface area contributed by atoms with E-state index in [0.29, 0.717) is 0 Å². The molecule has 0 aliphatic carbocycles. The van der Waals surface area contributed by atoms with Crippen LogP contribution in [0.2, 0.25) is 0 Å². The number of hydrogen-bond donors (Lipinski definition) is 0. The molecule has 0 aromatic rings. The maximum Gasteiger partial charge on any atom is 3.00 e. The third-order valence-corrected chi connectivity index (χ3v) is 0. The maximum atomic E-state index is 8.00. The Balaban J connectivity index is -0.00000000409. The van der Waals surface area contributed by atoms with Gasteiger partial charge in [-0.15, -0.1) is 5.34 Å². The molecule has 0 aliphatic heterocycles. The van der Waals surface area contributed by atoms with Gasteiger partial charge in [0, 0.05) is 0 Å². The Hall–Kier alpha value is -0.434. The van der Waals surface area contributed by atoms with Crippen LogP contribution in [0, 0.1) is 10.1 Å². The molecule has 8 N–H and O–H groups in total. The summed E-state index contributed by atoms with van der Waals surface area (Å²) in [6.07, 6.45) is 0. The van der Waals surface area contributed by atoms with Crippen molar-refractivity contribution in [2.24, 2.45) is 5.34 Å². The fourth-order valence-electron chi connectivity index (χ4n) is 0. The second kappa shape index (κ2) is 526. The molecule has 0 aromatic carbocycles. The molecule has 0 saturated carbocycles. The summed E-state index contributed by atoms with van der Waals surface area (Å²) >= 11 is 6.78. The summed E-state index contributed by atoms with van der Waals surface area (Å²) in [6, 6.07) is 0. The molecular formula is CH8CoN7O2S2-4. The standard InChI is InChI=1S/CNS.Co.HNO2.NS.4H2N/c2-1-3;;2-1-3;1-2;;;;/h;;(H,2,3);;4*1H2/q-1;+3;;5*-1/p-1. The Labute approximate surface area is 97.0 Å². The minimum Gasteiger partial charge on any atom is -0.753 e. The normalized spacial score (nSPS) is 1.85. The van der Waals surface area contributed by atoms with Crippen LogP contribution in [-0.2, 0) is 29.2 Å². The van der Waals surface area contributed by atoms with E-state index in [9.17, 15) is 0 Å². The van der Waals surface area contributed by atoms with Crippen LogP contribution in [0.1, 0.15) is 0 Å². The van der Waals surface area contributed by atoms with Crippen molar-refractivity contribution < 1.29 is 16.8 Å². The molecule has 84 valence electrons. The first-order valence-electron chi connectivity index (χ1n) is 0.975. The number of hydrogen-bond acceptors (Lipinski definition) is 5. The molecule has 0 bridgehead atoms. The number of nitrogens with zero attached hydrogens (tertiary/aromatic N) is 3. The van der Waals surface area contributed by atoms with Crippen LogP contribution >= 0.6 is 12.2 Å². The molecule has 0 unspecified atom stereocenters. The van der Waals surface area contributed by atoms with Crippen molar-refractivity contribution in [1.82, 2.24) is 0 Å². The number of rotatable bonds is 0. The minimum absolute atomic E-state index is 0. The van der Waals surface area contributed by atoms with E-state index in [4.69, 9.17) is 20.3 Å². The summed E-state index contributed by atoms with van der Waals surface area (Å²) in [6.45, 7) is 0. The molecule has 0 aromatic heterocycles. The van der Waals surface area contributed by atoms with Crippen LogP contribution in [0.4, 0.5) is 0 Å². The Morgan fingerprint density at radius 2 is 1.15 bits per heavy atom. The number of nitrogens with two attached hydrogens (primary N) is 4. The molecule has 9 nitrogen and oxygen atoms in total. The SMILES string of the molecule is O=N[O-].[Co+3].[N-]=C=S.[N-]=S.[NH2-].[NH2-].[NH2-].[NH2-]. The first kappa shape index (κ1) is 80.6. The van der Waals surface area contributed by atoms with Gasteiger partial charge >= 0.3 is 16.8 Å². The summed E-state index contributed by atoms with van der Waals surface area (Å²) in [7, 11) is 0. The van der Waals surface area contributed by atoms with Gasteiger partial charge in [0.15, 0.2) is 0 Å². The molecule has 13 heavy (non-hydrogen) atoms. The molecule has 0 spiro atoms. The monoisotopic (exact) mass is 273 g/mol. The van der Waals surface area contributed by atoms with Gasteiger partial charge in [0.25, 0.3) is 0 Å². The molecule has 12 heteroatoms. The van der Waals surface area contributed by atoms with Crippen molar-refractivity contribution in [1.29, 1.82) is 0 Å². The average Bonchev–Trinajstić information content (AvgIpc) is 1.75. The zero-order valence-corrected chi connectivity index (χ0v) is 8.79. The van der Waals surface area contributed by atoms with Gasteiger partial charge in [0.1, 0.15) is 0 Å². The van der Waals surface area contributed by atoms with Gasteiger partial charge in [-0.05, 0) is 0 Å². The molecule has 0 atom stereocenters. The van der Waals surface area contributed by atoms with Gasteiger partial charge in [0.2, 0.25) is 0 Å². The quantitative estimate of drug-likeness (QED) is 0.274. The zero-order valence-electron chi connectivity index (χ0n) is 6.12. The third-order valence-electron chi connectivity index (χ3n) is 0. The Bertz CT molecular complexity index is 78.9. The van der Waals surface area contributed by atoms with Crippen LogP contribution in [0.3, 0.4) is 0 Å². The number of thiocarbonyl (C=S) groups is 1. The average molecular weight is 273 g/mol. The summed E-state index contributed by atoms with van der Waals surface area (Å²) in [5.41, 5.74) is 0. The van der Waals surface area contributed by atoms with Gasteiger partial charge in [0.05, 0.1) is 0 Å². The van der Waals surface area contributed by atoms with E-state index in [1.54, 1.807) is 0 Å². The predicted octanol–water partition coefficient (Wildman–Crippen LogP) is 4.06. The first-order valence-corrected chi connectivity index (χ1v) is 1.75. The van der Waals surface area contributed by atoms with Crippen LogP contribution in [0.5, 0.6) is 0 Å². The van der Waals surface area contributed by atoms with Crippen LogP contribution in [0.25, 0.3) is 34.8 Å². The third kappa shape index (κ3) is 5630. The second-order valence-electron chi connectivity index (χ2n) is 0.166. The van der Waals surface area contributed by atoms with E-state index in [2.05, 4.69) is 24.6 Å². The topological polar surface area (TPSA) is 231 Å². The van der Waals surface area contributed by atoms with Crippen molar-refractivity contribution in [3.8, 4) is 0 Å². The summed E-state index contributed by atoms with van der Waals surface area (Å²) in [4.78, 5) is 8.00. The molecule has 0 aliphatic rings. The Morgan fingerprint density at radius 1 is 1.15 bits per heavy atom. The molecule has 0 radical (unpaired) electrons. The smallest absolute Gasteiger partial charge is 0.753 e. The second-order valence-corrected chi connectivity index (χ2v) is 0.348. The van der Waals surface area contributed by atoms with E-state index in [-0.39, 0.29) is 41.4 Å². The summed E-state index contributed by atoms with van der Waals surface area (Å²) in [5.74, 6) is 0. The Morgan fingerprint density at radius 3 is 1.15 bits per heavy atom. The van der Waals surface area contributed by atoms with Crippen LogP contribution < -0.4 is 0 Å². The van der Waals surface area contributed by atoms with E-state index in [1.165, 1.54) is 5.16 Å². The maximum absolute atomic E-state index is 8.00. The van der Waals surface area contributed by atoms with Crippen molar-refractivity contribution in [3.05, 3.63) is 44.9 Å². The van der Waals surface area contributed by atoms with E-state index in [0.717, 1.165) is 5.34 Å². The van der Waals surface area contributed by atoms with Gasteiger partial charge in [-0.25, -0.2) is 0 Å². The minimum atomic E-state index is 0. The van der Waals surface area contributed by atoms with Gasteiger partial charge in [-0.2, -0.15) is 5.16 Å². The molecule has 0 amide bonds. The van der Waals surface area contributed by atoms with Crippen molar-refractivity contribution >= 4 is 29.8 Å². The van der Waals surface area contributed by atoms with E-state index >= 15 is 0 Å². The predicted molar refractivity (Wildman–Crippen MR) is 57.0 cm³/mol. The van der Waals surface area contributed by atoms with E-state index in [1.807, 2.05) is 0 Å². The van der Waals surface area contributed by atoms with Gasteiger partial charge in [-0.3, -0.25) is 12.4 Å². The van der Waals surface area contributed by atoms with Crippen molar-refractivity contribution in [2.75, 3.05) is 0 Å². The first-order chi connectivity index (χ1) is 3.83. The van der Waals surface area contributed by atoms with Crippen LogP contribution in [0.15, 0.2) is 5.34 Å². The molecule has 0 rings (SSSR count). The molecule has 0 heterocycles. The largest absolute Gasteiger partial charge is 3.00 e. The zero-order chi connectivity index (χ0) is 7.41. The molecule has 0 fully saturated rings. The molecule has 0 saturated heterocycles. The van der Waals surface area contributed by atoms with Crippen molar-refractivity contribution in [2.45, 2.75) is 0 Å². The van der Waals surface area contributed by atoms with Crippen LogP contribution in [-0.4, -0.2) is 5.16 Å². The number of isothiocyanates is 1. The Kier molecular flexibility index (Phi) is 3260. The fourth-order valence-corrected chi connectivity index (χ4v) is 0. The fraction of sp³-hybridized carbons (Fsp3) is 0. The summed E-state index contributed by atoms with van der Waals surface area (Å²) in [5, 5.41) is 17.5. The molecular weight excluding hydrogens is 265 g/mol. The van der Waals surface area contributed by atoms with Gasteiger partial charge in [-0.1, -0.05) is 12.2 Å². The van der Waals surface area contributed by atoms with E-state index < -0.39 is 0 Å². The van der Waals surface area contributed by atoms with Crippen molar-refractivity contribution in [3.63, 3.8) is 0 Å². The van der Waals surface area contributed by atoms with Gasteiger partial charge < -0.3 is 44.9 Å². The summed E-state index contributed by atoms with van der Waals surface area (Å²) < 4.78 is 6.58.